The zero-order valence-corrected chi connectivity index (χ0v) is 11.3. The Labute approximate surface area is 103 Å². The monoisotopic (exact) mass is 264 g/mol. The van der Waals surface area contributed by atoms with E-state index in [0.29, 0.717) is 13.1 Å². The topological polar surface area (TPSA) is 63.4 Å². The number of rotatable bonds is 3. The first-order valence-corrected chi connectivity index (χ1v) is 7.65. The molecule has 0 aromatic rings. The summed E-state index contributed by atoms with van der Waals surface area (Å²) in [5.41, 5.74) is 5.42. The number of hydrogen-bond donors (Lipinski definition) is 1. The second kappa shape index (κ2) is 5.93. The molecule has 0 bridgehead atoms. The van der Waals surface area contributed by atoms with Crippen LogP contribution in [-0.4, -0.2) is 36.1 Å². The zero-order valence-electron chi connectivity index (χ0n) is 9.68. The zero-order chi connectivity index (χ0) is 12.2. The fraction of sp³-hybridized carbons (Fsp3) is 0.900. The van der Waals surface area contributed by atoms with E-state index in [-0.39, 0.29) is 4.99 Å². The summed E-state index contributed by atoms with van der Waals surface area (Å²) in [5.74, 6) is 0. The van der Waals surface area contributed by atoms with Crippen LogP contribution < -0.4 is 5.73 Å². The van der Waals surface area contributed by atoms with Gasteiger partial charge in [0.25, 0.3) is 0 Å². The van der Waals surface area contributed by atoms with Crippen molar-refractivity contribution in [2.24, 2.45) is 5.73 Å². The van der Waals surface area contributed by atoms with E-state index in [9.17, 15) is 8.42 Å². The van der Waals surface area contributed by atoms with Gasteiger partial charge in [-0.2, -0.15) is 0 Å². The van der Waals surface area contributed by atoms with Crippen LogP contribution in [0.4, 0.5) is 0 Å². The smallest absolute Gasteiger partial charge is 0.223 e. The Morgan fingerprint density at radius 2 is 1.62 bits per heavy atom. The van der Waals surface area contributed by atoms with Crippen LogP contribution in [0, 0.1) is 0 Å². The summed E-state index contributed by atoms with van der Waals surface area (Å²) in [6.45, 7) is 2.78. The Morgan fingerprint density at radius 3 is 2.06 bits per heavy atom. The molecule has 1 saturated heterocycles. The molecule has 94 valence electrons. The summed E-state index contributed by atoms with van der Waals surface area (Å²) < 4.78 is 25.9. The van der Waals surface area contributed by atoms with Crippen molar-refractivity contribution in [1.29, 1.82) is 0 Å². The molecule has 6 heteroatoms. The van der Waals surface area contributed by atoms with Crippen LogP contribution in [0.25, 0.3) is 0 Å². The molecule has 4 nitrogen and oxygen atoms in total. The van der Waals surface area contributed by atoms with Gasteiger partial charge >= 0.3 is 0 Å². The van der Waals surface area contributed by atoms with Crippen LogP contribution in [0.1, 0.15) is 39.0 Å². The van der Waals surface area contributed by atoms with Crippen LogP contribution in [0.3, 0.4) is 0 Å². The molecule has 0 amide bonds. The molecular weight excluding hydrogens is 244 g/mol. The standard InChI is InChI=1S/C10H20N2O2S2/c1-9(10(11)15)16(13,14)12-7-5-3-2-4-6-8-12/h9H,2-8H2,1H3,(H2,11,15). The number of sulfonamides is 1. The second-order valence-corrected chi connectivity index (χ2v) is 6.98. The second-order valence-electron chi connectivity index (χ2n) is 4.26. The molecule has 1 aliphatic rings. The third-order valence-corrected chi connectivity index (χ3v) is 5.76. The minimum atomic E-state index is -3.33. The summed E-state index contributed by atoms with van der Waals surface area (Å²) in [6, 6.07) is 0. The van der Waals surface area contributed by atoms with Crippen molar-refractivity contribution in [1.82, 2.24) is 4.31 Å². The van der Waals surface area contributed by atoms with Gasteiger partial charge in [-0.05, 0) is 19.8 Å². The van der Waals surface area contributed by atoms with Gasteiger partial charge in [0.1, 0.15) is 5.25 Å². The molecule has 2 N–H and O–H groups in total. The summed E-state index contributed by atoms with van der Waals surface area (Å²) in [5, 5.41) is -0.748. The normalized spacial score (nSPS) is 22.1. The largest absolute Gasteiger partial charge is 0.392 e. The lowest BCUT2D eigenvalue weighted by Gasteiger charge is -2.26. The Hall–Kier alpha value is -0.200. The minimum absolute atomic E-state index is 0.0575. The van der Waals surface area contributed by atoms with Crippen molar-refractivity contribution in [2.75, 3.05) is 13.1 Å². The van der Waals surface area contributed by atoms with Gasteiger partial charge in [0.05, 0.1) is 4.99 Å². The molecule has 0 saturated carbocycles. The van der Waals surface area contributed by atoms with Gasteiger partial charge in [0, 0.05) is 13.1 Å². The summed E-state index contributed by atoms with van der Waals surface area (Å²) in [4.78, 5) is 0.0575. The van der Waals surface area contributed by atoms with Gasteiger partial charge in [-0.1, -0.05) is 31.5 Å². The highest BCUT2D eigenvalue weighted by Gasteiger charge is 2.30. The molecule has 0 aromatic carbocycles. The molecule has 16 heavy (non-hydrogen) atoms. The van der Waals surface area contributed by atoms with Gasteiger partial charge < -0.3 is 5.73 Å². The Balaban J connectivity index is 2.76. The molecule has 1 unspecified atom stereocenters. The average Bonchev–Trinajstić information content (AvgIpc) is 2.15. The van der Waals surface area contributed by atoms with Gasteiger partial charge in [0.2, 0.25) is 10.0 Å². The van der Waals surface area contributed by atoms with E-state index in [1.807, 2.05) is 0 Å². The van der Waals surface area contributed by atoms with E-state index in [0.717, 1.165) is 25.7 Å². The highest BCUT2D eigenvalue weighted by atomic mass is 32.2. The van der Waals surface area contributed by atoms with E-state index < -0.39 is 15.3 Å². The average molecular weight is 264 g/mol. The fourth-order valence-electron chi connectivity index (χ4n) is 1.84. The Kier molecular flexibility index (Phi) is 5.14. The van der Waals surface area contributed by atoms with Gasteiger partial charge in [-0.25, -0.2) is 12.7 Å². The van der Waals surface area contributed by atoms with Gasteiger partial charge in [-0.3, -0.25) is 0 Å². The van der Waals surface area contributed by atoms with Crippen LogP contribution in [0.2, 0.25) is 0 Å². The summed E-state index contributed by atoms with van der Waals surface area (Å²) in [6.07, 6.45) is 5.28. The van der Waals surface area contributed by atoms with E-state index in [1.54, 1.807) is 11.2 Å². The van der Waals surface area contributed by atoms with Gasteiger partial charge in [-0.15, -0.1) is 0 Å². The molecule has 1 fully saturated rings. The van der Waals surface area contributed by atoms with Crippen LogP contribution in [0.15, 0.2) is 0 Å². The van der Waals surface area contributed by atoms with E-state index >= 15 is 0 Å². The number of nitrogens with two attached hydrogens (primary N) is 1. The van der Waals surface area contributed by atoms with Crippen molar-refractivity contribution in [2.45, 2.75) is 44.3 Å². The lowest BCUT2D eigenvalue weighted by molar-refractivity contribution is 0.363. The first-order chi connectivity index (χ1) is 7.46. The SMILES string of the molecule is CC(C(N)=S)S(=O)(=O)N1CCCCCCC1. The van der Waals surface area contributed by atoms with Crippen LogP contribution in [0.5, 0.6) is 0 Å². The molecule has 0 radical (unpaired) electrons. The van der Waals surface area contributed by atoms with Crippen LogP contribution in [-0.2, 0) is 10.0 Å². The maximum absolute atomic E-state index is 12.2. The van der Waals surface area contributed by atoms with Crippen molar-refractivity contribution in [3.05, 3.63) is 0 Å². The third-order valence-electron chi connectivity index (χ3n) is 3.02. The molecule has 1 aliphatic heterocycles. The maximum Gasteiger partial charge on any atom is 0.223 e. The highest BCUT2D eigenvalue weighted by Crippen LogP contribution is 2.16. The van der Waals surface area contributed by atoms with Crippen LogP contribution >= 0.6 is 12.2 Å². The van der Waals surface area contributed by atoms with Crippen molar-refractivity contribution < 1.29 is 8.42 Å². The summed E-state index contributed by atoms with van der Waals surface area (Å²) >= 11 is 4.77. The highest BCUT2D eigenvalue weighted by molar-refractivity contribution is 7.92. The third kappa shape index (κ3) is 3.40. The Bertz CT molecular complexity index is 333. The molecule has 1 atom stereocenters. The first kappa shape index (κ1) is 13.9. The lowest BCUT2D eigenvalue weighted by Crippen LogP contribution is -2.44. The number of thiocarbonyl (C=S) groups is 1. The van der Waals surface area contributed by atoms with E-state index in [4.69, 9.17) is 18.0 Å². The van der Waals surface area contributed by atoms with Crippen molar-refractivity contribution >= 4 is 27.2 Å². The van der Waals surface area contributed by atoms with Crippen molar-refractivity contribution in [3.63, 3.8) is 0 Å². The predicted octanol–water partition coefficient (Wildman–Crippen LogP) is 1.26. The quantitative estimate of drug-likeness (QED) is 0.779. The lowest BCUT2D eigenvalue weighted by atomic mass is 10.1. The molecule has 0 spiro atoms. The molecule has 1 heterocycles. The van der Waals surface area contributed by atoms with Crippen molar-refractivity contribution in [3.8, 4) is 0 Å². The molecule has 0 aliphatic carbocycles. The fourth-order valence-corrected chi connectivity index (χ4v) is 3.72. The first-order valence-electron chi connectivity index (χ1n) is 5.74. The van der Waals surface area contributed by atoms with Gasteiger partial charge in [0.15, 0.2) is 0 Å². The number of hydrogen-bond acceptors (Lipinski definition) is 3. The predicted molar refractivity (Wildman–Crippen MR) is 69.8 cm³/mol. The number of nitrogens with zero attached hydrogens (tertiary/aromatic N) is 1. The maximum atomic E-state index is 12.2. The molecule has 1 rings (SSSR count). The van der Waals surface area contributed by atoms with E-state index in [1.165, 1.54) is 6.42 Å². The Morgan fingerprint density at radius 1 is 1.19 bits per heavy atom. The summed E-state index contributed by atoms with van der Waals surface area (Å²) in [7, 11) is -3.33. The minimum Gasteiger partial charge on any atom is -0.392 e. The van der Waals surface area contributed by atoms with E-state index in [2.05, 4.69) is 0 Å². The molecular formula is C10H20N2O2S2. The molecule has 0 aromatic heterocycles.